The SMILES string of the molecule is COC(=O)[C@H]1O[C@@H](O[C@H]2CO[C@@H](O[C@H]3CC[C@@]4(C)[C@@H](CC[C@]5(C)[C@@H]4CC=C4[C@@H]6CC(C)(C)CC[C@]6(C(=O)O)CC[C@]45C)[C@]3(C)CO)[C@H](O)[C@H]2O)[C@H](O)[C@@H](O)[C@@H]1O. The van der Waals surface area contributed by atoms with E-state index in [-0.39, 0.29) is 46.7 Å². The summed E-state index contributed by atoms with van der Waals surface area (Å²) in [5.41, 5.74) is -0.330. The number of methoxy groups -OCH3 is 1. The number of aliphatic carboxylic acids is 1. The molecule has 5 aliphatic carbocycles. The van der Waals surface area contributed by atoms with Crippen molar-refractivity contribution in [3.63, 3.8) is 0 Å². The third-order valence-electron chi connectivity index (χ3n) is 17.2. The number of aliphatic hydroxyl groups excluding tert-OH is 6. The molecule has 6 fully saturated rings. The van der Waals surface area contributed by atoms with Crippen LogP contribution in [0.1, 0.15) is 106 Å². The molecular weight excluding hydrogens is 728 g/mol. The molecule has 4 saturated carbocycles. The minimum Gasteiger partial charge on any atom is -0.481 e. The van der Waals surface area contributed by atoms with E-state index in [1.165, 1.54) is 5.57 Å². The van der Waals surface area contributed by atoms with Crippen LogP contribution < -0.4 is 0 Å². The Labute approximate surface area is 329 Å². The number of esters is 1. The summed E-state index contributed by atoms with van der Waals surface area (Å²) in [6, 6.07) is 0. The molecule has 2 aliphatic heterocycles. The number of carbonyl (C=O) groups excluding carboxylic acids is 1. The van der Waals surface area contributed by atoms with E-state index in [4.69, 9.17) is 18.9 Å². The van der Waals surface area contributed by atoms with Crippen LogP contribution in [0.2, 0.25) is 0 Å². The first kappa shape index (κ1) is 42.4. The van der Waals surface area contributed by atoms with Gasteiger partial charge in [-0.1, -0.05) is 53.2 Å². The highest BCUT2D eigenvalue weighted by Crippen LogP contribution is 2.76. The maximum absolute atomic E-state index is 13.0. The van der Waals surface area contributed by atoms with Gasteiger partial charge >= 0.3 is 11.9 Å². The average molecular weight is 795 g/mol. The van der Waals surface area contributed by atoms with E-state index >= 15 is 0 Å². The van der Waals surface area contributed by atoms with Crippen LogP contribution >= 0.6 is 0 Å². The third kappa shape index (κ3) is 6.17. The molecule has 0 aromatic heterocycles. The monoisotopic (exact) mass is 794 g/mol. The predicted octanol–water partition coefficient (Wildman–Crippen LogP) is 2.67. The molecule has 0 aromatic rings. The maximum atomic E-state index is 13.0. The lowest BCUT2D eigenvalue weighted by atomic mass is 9.33. The van der Waals surface area contributed by atoms with E-state index in [2.05, 4.69) is 52.4 Å². The van der Waals surface area contributed by atoms with Crippen LogP contribution in [0.25, 0.3) is 0 Å². The Morgan fingerprint density at radius 2 is 1.48 bits per heavy atom. The van der Waals surface area contributed by atoms with Crippen LogP contribution in [0.3, 0.4) is 0 Å². The first-order valence-electron chi connectivity index (χ1n) is 20.7. The highest BCUT2D eigenvalue weighted by Gasteiger charge is 2.70. The van der Waals surface area contributed by atoms with Crippen molar-refractivity contribution < 1.29 is 69.0 Å². The molecule has 0 radical (unpaired) electrons. The number of hydrogen-bond donors (Lipinski definition) is 7. The summed E-state index contributed by atoms with van der Waals surface area (Å²) in [4.78, 5) is 25.2. The number of aliphatic hydroxyl groups is 6. The van der Waals surface area contributed by atoms with Gasteiger partial charge < -0.3 is 59.4 Å². The van der Waals surface area contributed by atoms with Crippen molar-refractivity contribution in [1.29, 1.82) is 0 Å². The van der Waals surface area contributed by atoms with E-state index in [0.717, 1.165) is 58.5 Å². The topological polar surface area (TPSA) is 222 Å². The van der Waals surface area contributed by atoms with Crippen LogP contribution in [0.15, 0.2) is 11.6 Å². The predicted molar refractivity (Wildman–Crippen MR) is 198 cm³/mol. The average Bonchev–Trinajstić information content (AvgIpc) is 3.15. The minimum absolute atomic E-state index is 0.0245. The summed E-state index contributed by atoms with van der Waals surface area (Å²) in [5.74, 6) is -1.24. The Morgan fingerprint density at radius 1 is 0.804 bits per heavy atom. The molecule has 0 aromatic carbocycles. The van der Waals surface area contributed by atoms with Crippen molar-refractivity contribution in [2.75, 3.05) is 20.3 Å². The number of allylic oxidation sites excluding steroid dienone is 2. The van der Waals surface area contributed by atoms with Gasteiger partial charge in [-0.3, -0.25) is 4.79 Å². The van der Waals surface area contributed by atoms with Crippen LogP contribution in [0.4, 0.5) is 0 Å². The standard InChI is InChI=1S/C42H66O14/c1-37(2)14-16-42(36(50)51)17-15-40(5)21(22(42)18-37)8-9-25-38(3)12-11-26(39(4,20-43)24(38)10-13-41(25,40)6)55-34-30(47)27(44)23(19-53-34)54-35-31(48)28(45)29(46)32(56-35)33(49)52-7/h8,22-32,34-35,43-48H,9-20H2,1-7H3,(H,50,51)/t22-,23-,24+,25+,26-,27-,28-,29-,30+,31+,32-,34-,35+,38-,39-,40+,41+,42-/m0/s1. The summed E-state index contributed by atoms with van der Waals surface area (Å²) in [7, 11) is 1.07. The number of hydrogen-bond acceptors (Lipinski definition) is 13. The second-order valence-electron chi connectivity index (χ2n) is 20.3. The summed E-state index contributed by atoms with van der Waals surface area (Å²) in [6.45, 7) is 13.4. The Kier molecular flexibility index (Phi) is 11.0. The van der Waals surface area contributed by atoms with Gasteiger partial charge in [-0.05, 0) is 104 Å². The molecule has 0 spiro atoms. The lowest BCUT2D eigenvalue weighted by Crippen LogP contribution is -2.67. The molecule has 2 saturated heterocycles. The van der Waals surface area contributed by atoms with Gasteiger partial charge in [0.15, 0.2) is 18.7 Å². The fraction of sp³-hybridized carbons (Fsp3) is 0.905. The number of carboxylic acids is 1. The number of ether oxygens (including phenoxy) is 5. The van der Waals surface area contributed by atoms with Gasteiger partial charge in [-0.2, -0.15) is 0 Å². The minimum atomic E-state index is -1.82. The number of fused-ring (bicyclic) bond motifs is 7. The zero-order valence-electron chi connectivity index (χ0n) is 34.1. The highest BCUT2D eigenvalue weighted by molar-refractivity contribution is 5.77. The van der Waals surface area contributed by atoms with E-state index < -0.39 is 84.2 Å². The molecule has 2 heterocycles. The molecule has 318 valence electrons. The van der Waals surface area contributed by atoms with Gasteiger partial charge in [0.05, 0.1) is 31.8 Å². The summed E-state index contributed by atoms with van der Waals surface area (Å²) in [5, 5.41) is 75.4. The van der Waals surface area contributed by atoms with Crippen LogP contribution in [-0.2, 0) is 33.3 Å². The summed E-state index contributed by atoms with van der Waals surface area (Å²) >= 11 is 0. The highest BCUT2D eigenvalue weighted by atomic mass is 16.7. The van der Waals surface area contributed by atoms with Crippen LogP contribution in [-0.4, -0.2) is 129 Å². The maximum Gasteiger partial charge on any atom is 0.337 e. The lowest BCUT2D eigenvalue weighted by Gasteiger charge is -2.71. The molecule has 0 amide bonds. The largest absolute Gasteiger partial charge is 0.481 e. The molecule has 0 unspecified atom stereocenters. The van der Waals surface area contributed by atoms with Gasteiger partial charge in [0, 0.05) is 5.41 Å². The van der Waals surface area contributed by atoms with Gasteiger partial charge in [0.1, 0.15) is 36.6 Å². The molecule has 14 heteroatoms. The normalized spacial score (nSPS) is 52.7. The molecule has 0 bridgehead atoms. The quantitative estimate of drug-likeness (QED) is 0.112. The van der Waals surface area contributed by atoms with E-state index in [1.807, 2.05) is 0 Å². The van der Waals surface area contributed by atoms with Gasteiger partial charge in [-0.15, -0.1) is 0 Å². The Bertz CT molecular complexity index is 1550. The summed E-state index contributed by atoms with van der Waals surface area (Å²) < 4.78 is 28.2. The fourth-order valence-corrected chi connectivity index (χ4v) is 13.5. The van der Waals surface area contributed by atoms with Crippen molar-refractivity contribution in [2.24, 2.45) is 50.2 Å². The second-order valence-corrected chi connectivity index (χ2v) is 20.3. The second kappa shape index (κ2) is 14.5. The van der Waals surface area contributed by atoms with Crippen molar-refractivity contribution in [3.05, 3.63) is 11.6 Å². The lowest BCUT2D eigenvalue weighted by molar-refractivity contribution is -0.349. The zero-order valence-corrected chi connectivity index (χ0v) is 34.1. The third-order valence-corrected chi connectivity index (χ3v) is 17.2. The van der Waals surface area contributed by atoms with Gasteiger partial charge in [0.25, 0.3) is 0 Å². The smallest absolute Gasteiger partial charge is 0.337 e. The Morgan fingerprint density at radius 3 is 2.14 bits per heavy atom. The zero-order chi connectivity index (χ0) is 41.0. The van der Waals surface area contributed by atoms with Crippen molar-refractivity contribution in [3.8, 4) is 0 Å². The number of carbonyl (C=O) groups is 2. The van der Waals surface area contributed by atoms with Crippen molar-refractivity contribution >= 4 is 11.9 Å². The molecule has 7 N–H and O–H groups in total. The number of carboxylic acid groups (broad SMARTS) is 1. The molecule has 18 atom stereocenters. The van der Waals surface area contributed by atoms with E-state index in [9.17, 15) is 45.3 Å². The van der Waals surface area contributed by atoms with Crippen molar-refractivity contribution in [2.45, 2.75) is 167 Å². The van der Waals surface area contributed by atoms with Gasteiger partial charge in [-0.25, -0.2) is 4.79 Å². The molecule has 7 rings (SSSR count). The number of rotatable bonds is 7. The first-order valence-corrected chi connectivity index (χ1v) is 20.7. The van der Waals surface area contributed by atoms with Crippen LogP contribution in [0.5, 0.6) is 0 Å². The Balaban J connectivity index is 1.07. The first-order chi connectivity index (χ1) is 26.1. The molecule has 7 aliphatic rings. The van der Waals surface area contributed by atoms with Crippen LogP contribution in [0, 0.1) is 50.2 Å². The van der Waals surface area contributed by atoms with Crippen molar-refractivity contribution in [1.82, 2.24) is 0 Å². The van der Waals surface area contributed by atoms with E-state index in [1.54, 1.807) is 0 Å². The fourth-order valence-electron chi connectivity index (χ4n) is 13.5. The van der Waals surface area contributed by atoms with E-state index in [0.29, 0.717) is 18.8 Å². The molecule has 14 nitrogen and oxygen atoms in total. The molecule has 56 heavy (non-hydrogen) atoms. The Hall–Kier alpha value is -1.72. The summed E-state index contributed by atoms with van der Waals surface area (Å²) in [6.07, 6.45) is -4.35. The molecular formula is C42H66O14. The van der Waals surface area contributed by atoms with Gasteiger partial charge in [0.2, 0.25) is 0 Å².